The fourth-order valence-electron chi connectivity index (χ4n) is 2.80. The van der Waals surface area contributed by atoms with Crippen LogP contribution in [0.5, 0.6) is 17.2 Å². The normalized spacial score (nSPS) is 10.5. The monoisotopic (exact) mass is 385 g/mol. The Hall–Kier alpha value is -3.55. The number of ether oxygens (including phenoxy) is 3. The summed E-state index contributed by atoms with van der Waals surface area (Å²) in [5, 5.41) is 6.97. The Bertz CT molecular complexity index is 991. The van der Waals surface area contributed by atoms with Gasteiger partial charge in [0.15, 0.2) is 17.2 Å². The highest BCUT2D eigenvalue weighted by Gasteiger charge is 2.18. The van der Waals surface area contributed by atoms with Crippen molar-refractivity contribution >= 4 is 11.6 Å². The number of carbonyl (C=O) groups is 1. The Labute approximate surface area is 161 Å². The first-order chi connectivity index (χ1) is 13.5. The van der Waals surface area contributed by atoms with E-state index in [2.05, 4.69) is 10.4 Å². The van der Waals surface area contributed by atoms with Gasteiger partial charge in [0.05, 0.1) is 21.3 Å². The summed E-state index contributed by atoms with van der Waals surface area (Å²) in [4.78, 5) is 12.7. The third kappa shape index (κ3) is 3.62. The van der Waals surface area contributed by atoms with Crippen LogP contribution < -0.4 is 19.5 Å². The number of halogens is 1. The molecule has 146 valence electrons. The van der Waals surface area contributed by atoms with E-state index in [-0.39, 0.29) is 11.4 Å². The Balaban J connectivity index is 1.90. The molecule has 0 aliphatic rings. The van der Waals surface area contributed by atoms with Crippen LogP contribution in [0.1, 0.15) is 16.2 Å². The van der Waals surface area contributed by atoms with Crippen molar-refractivity contribution in [2.75, 3.05) is 26.6 Å². The number of hydrogen-bond acceptors (Lipinski definition) is 5. The van der Waals surface area contributed by atoms with Crippen molar-refractivity contribution < 1.29 is 23.4 Å². The van der Waals surface area contributed by atoms with Crippen molar-refractivity contribution in [2.45, 2.75) is 6.92 Å². The quantitative estimate of drug-likeness (QED) is 0.702. The number of nitrogens with one attached hydrogen (secondary N) is 1. The molecule has 0 spiro atoms. The number of methoxy groups -OCH3 is 3. The van der Waals surface area contributed by atoms with Gasteiger partial charge in [0.1, 0.15) is 11.5 Å². The van der Waals surface area contributed by atoms with Crippen molar-refractivity contribution in [3.05, 3.63) is 59.7 Å². The molecule has 0 atom stereocenters. The van der Waals surface area contributed by atoms with E-state index in [0.29, 0.717) is 28.6 Å². The SMILES string of the molecule is COc1cc(NC(=O)c2cc(C)n(-c3ccccc3F)n2)cc(OC)c1OC. The molecule has 0 aliphatic heterocycles. The van der Waals surface area contributed by atoms with Crippen LogP contribution in [-0.4, -0.2) is 37.0 Å². The third-order valence-electron chi connectivity index (χ3n) is 4.12. The van der Waals surface area contributed by atoms with Gasteiger partial charge >= 0.3 is 0 Å². The number of amides is 1. The van der Waals surface area contributed by atoms with Gasteiger partial charge in [0.25, 0.3) is 5.91 Å². The highest BCUT2D eigenvalue weighted by Crippen LogP contribution is 2.40. The van der Waals surface area contributed by atoms with Crippen molar-refractivity contribution in [1.82, 2.24) is 9.78 Å². The van der Waals surface area contributed by atoms with Gasteiger partial charge in [-0.25, -0.2) is 9.07 Å². The van der Waals surface area contributed by atoms with Gasteiger partial charge < -0.3 is 19.5 Å². The summed E-state index contributed by atoms with van der Waals surface area (Å²) in [5.41, 5.74) is 1.49. The molecule has 8 heteroatoms. The largest absolute Gasteiger partial charge is 0.493 e. The van der Waals surface area contributed by atoms with Gasteiger partial charge in [-0.2, -0.15) is 5.10 Å². The van der Waals surface area contributed by atoms with Gasteiger partial charge in [-0.15, -0.1) is 0 Å². The van der Waals surface area contributed by atoms with Crippen LogP contribution >= 0.6 is 0 Å². The highest BCUT2D eigenvalue weighted by molar-refractivity contribution is 6.03. The lowest BCUT2D eigenvalue weighted by atomic mass is 10.2. The minimum atomic E-state index is -0.451. The molecule has 0 unspecified atom stereocenters. The zero-order valence-corrected chi connectivity index (χ0v) is 15.9. The zero-order chi connectivity index (χ0) is 20.3. The van der Waals surface area contributed by atoms with E-state index in [1.165, 1.54) is 32.1 Å². The third-order valence-corrected chi connectivity index (χ3v) is 4.12. The Morgan fingerprint density at radius 2 is 1.68 bits per heavy atom. The minimum Gasteiger partial charge on any atom is -0.493 e. The van der Waals surface area contributed by atoms with Crippen LogP contribution in [0.15, 0.2) is 42.5 Å². The summed E-state index contributed by atoms with van der Waals surface area (Å²) in [5.74, 6) is 0.357. The van der Waals surface area contributed by atoms with E-state index >= 15 is 0 Å². The number of anilines is 1. The molecule has 0 radical (unpaired) electrons. The van der Waals surface area contributed by atoms with Crippen molar-refractivity contribution in [3.8, 4) is 22.9 Å². The van der Waals surface area contributed by atoms with Crippen LogP contribution in [0.2, 0.25) is 0 Å². The molecule has 3 rings (SSSR count). The second-order valence-corrected chi connectivity index (χ2v) is 5.90. The first-order valence-electron chi connectivity index (χ1n) is 8.41. The first-order valence-corrected chi connectivity index (χ1v) is 8.41. The fraction of sp³-hybridized carbons (Fsp3) is 0.200. The molecule has 1 heterocycles. The number of carbonyl (C=O) groups excluding carboxylic acids is 1. The minimum absolute atomic E-state index is 0.148. The Morgan fingerprint density at radius 1 is 1.04 bits per heavy atom. The predicted molar refractivity (Wildman–Crippen MR) is 102 cm³/mol. The number of aryl methyl sites for hydroxylation is 1. The van der Waals surface area contributed by atoms with Crippen LogP contribution in [-0.2, 0) is 0 Å². The molecule has 7 nitrogen and oxygen atoms in total. The number of aromatic nitrogens is 2. The summed E-state index contributed by atoms with van der Waals surface area (Å²) in [6, 6.07) is 11.0. The fourth-order valence-corrected chi connectivity index (χ4v) is 2.80. The zero-order valence-electron chi connectivity index (χ0n) is 15.9. The van der Waals surface area contributed by atoms with E-state index in [1.807, 2.05) is 0 Å². The van der Waals surface area contributed by atoms with E-state index in [4.69, 9.17) is 14.2 Å². The molecule has 3 aromatic rings. The van der Waals surface area contributed by atoms with Crippen molar-refractivity contribution in [2.24, 2.45) is 0 Å². The number of rotatable bonds is 6. The molecular weight excluding hydrogens is 365 g/mol. The van der Waals surface area contributed by atoms with E-state index in [1.54, 1.807) is 43.3 Å². The average Bonchev–Trinajstić information content (AvgIpc) is 3.09. The number of nitrogens with zero attached hydrogens (tertiary/aromatic N) is 2. The maximum atomic E-state index is 14.0. The van der Waals surface area contributed by atoms with Gasteiger partial charge in [-0.3, -0.25) is 4.79 Å². The van der Waals surface area contributed by atoms with Crippen LogP contribution in [0.3, 0.4) is 0 Å². The summed E-state index contributed by atoms with van der Waals surface area (Å²) < 4.78 is 31.3. The average molecular weight is 385 g/mol. The molecule has 1 N–H and O–H groups in total. The molecular formula is C20H20FN3O4. The highest BCUT2D eigenvalue weighted by atomic mass is 19.1. The van der Waals surface area contributed by atoms with Gasteiger partial charge in [0, 0.05) is 23.5 Å². The van der Waals surface area contributed by atoms with Crippen LogP contribution in [0.25, 0.3) is 5.69 Å². The Morgan fingerprint density at radius 3 is 2.25 bits per heavy atom. The predicted octanol–water partition coefficient (Wildman–Crippen LogP) is 3.60. The number of benzene rings is 2. The number of hydrogen-bond donors (Lipinski definition) is 1. The summed E-state index contributed by atoms with van der Waals surface area (Å²) in [7, 11) is 4.47. The summed E-state index contributed by atoms with van der Waals surface area (Å²) in [6.07, 6.45) is 0. The molecule has 28 heavy (non-hydrogen) atoms. The summed E-state index contributed by atoms with van der Waals surface area (Å²) >= 11 is 0. The topological polar surface area (TPSA) is 74.6 Å². The molecule has 1 aromatic heterocycles. The van der Waals surface area contributed by atoms with Gasteiger partial charge in [-0.1, -0.05) is 12.1 Å². The van der Waals surface area contributed by atoms with Crippen LogP contribution in [0, 0.1) is 12.7 Å². The Kier molecular flexibility index (Phi) is 5.49. The van der Waals surface area contributed by atoms with Crippen molar-refractivity contribution in [1.29, 1.82) is 0 Å². The summed E-state index contributed by atoms with van der Waals surface area (Å²) in [6.45, 7) is 1.75. The van der Waals surface area contributed by atoms with Crippen molar-refractivity contribution in [3.63, 3.8) is 0 Å². The lowest BCUT2D eigenvalue weighted by Gasteiger charge is -2.14. The standard InChI is InChI=1S/C20H20FN3O4/c1-12-9-15(23-24(12)16-8-6-5-7-14(16)21)20(25)22-13-10-17(26-2)19(28-4)18(11-13)27-3/h5-11H,1-4H3,(H,22,25). The van der Waals surface area contributed by atoms with Gasteiger partial charge in [-0.05, 0) is 25.1 Å². The molecule has 0 bridgehead atoms. The molecule has 0 aliphatic carbocycles. The van der Waals surface area contributed by atoms with E-state index < -0.39 is 11.7 Å². The molecule has 0 fully saturated rings. The second kappa shape index (κ2) is 7.99. The van der Waals surface area contributed by atoms with Crippen LogP contribution in [0.4, 0.5) is 10.1 Å². The number of para-hydroxylation sites is 1. The van der Waals surface area contributed by atoms with Gasteiger partial charge in [0.2, 0.25) is 5.75 Å². The molecule has 2 aromatic carbocycles. The second-order valence-electron chi connectivity index (χ2n) is 5.90. The molecule has 0 saturated heterocycles. The maximum absolute atomic E-state index is 14.0. The lowest BCUT2D eigenvalue weighted by molar-refractivity contribution is 0.102. The molecule has 1 amide bonds. The van der Waals surface area contributed by atoms with E-state index in [9.17, 15) is 9.18 Å². The maximum Gasteiger partial charge on any atom is 0.276 e. The first kappa shape index (κ1) is 19.2. The lowest BCUT2D eigenvalue weighted by Crippen LogP contribution is -2.13. The molecule has 0 saturated carbocycles. The van der Waals surface area contributed by atoms with E-state index in [0.717, 1.165) is 0 Å². The smallest absolute Gasteiger partial charge is 0.276 e.